The van der Waals surface area contributed by atoms with Gasteiger partial charge < -0.3 is 28.3 Å². The molecule has 1 aromatic carbocycles. The number of furan rings is 1. The lowest BCUT2D eigenvalue weighted by Crippen LogP contribution is -2.59. The summed E-state index contributed by atoms with van der Waals surface area (Å²) in [6, 6.07) is 10.7. The largest absolute Gasteiger partial charge is 0.457 e. The number of carbonyl (C=O) groups excluding carboxylic acids is 4. The average Bonchev–Trinajstić information content (AvgIpc) is 3.24. The lowest BCUT2D eigenvalue weighted by atomic mass is 10.0. The van der Waals surface area contributed by atoms with Crippen LogP contribution < -0.4 is 4.90 Å². The van der Waals surface area contributed by atoms with E-state index in [2.05, 4.69) is 0 Å². The fraction of sp³-hybridized carbons (Fsp3) is 0.391. The first kappa shape index (κ1) is 23.8. The van der Waals surface area contributed by atoms with E-state index in [1.165, 1.54) is 33.1 Å². The number of ether oxygens (including phenoxy) is 4. The molecule has 1 aliphatic rings. The molecule has 1 aromatic heterocycles. The van der Waals surface area contributed by atoms with Crippen molar-refractivity contribution in [3.05, 3.63) is 53.8 Å². The summed E-state index contributed by atoms with van der Waals surface area (Å²) in [4.78, 5) is 49.3. The van der Waals surface area contributed by atoms with Gasteiger partial charge in [0.25, 0.3) is 0 Å². The first-order valence-electron chi connectivity index (χ1n) is 10.3. The summed E-state index contributed by atoms with van der Waals surface area (Å²) in [5.74, 6) is -2.29. The Morgan fingerprint density at radius 3 is 2.00 bits per heavy atom. The molecule has 0 radical (unpaired) electrons. The van der Waals surface area contributed by atoms with Crippen molar-refractivity contribution in [1.82, 2.24) is 0 Å². The van der Waals surface area contributed by atoms with Crippen molar-refractivity contribution in [2.45, 2.75) is 45.7 Å². The van der Waals surface area contributed by atoms with E-state index in [1.54, 1.807) is 4.90 Å². The third-order valence-electron chi connectivity index (χ3n) is 4.83. The normalized spacial score (nSPS) is 20.0. The summed E-state index contributed by atoms with van der Waals surface area (Å²) in [6.07, 6.45) is -1.63. The Kier molecular flexibility index (Phi) is 7.70. The first-order valence-corrected chi connectivity index (χ1v) is 10.3. The summed E-state index contributed by atoms with van der Waals surface area (Å²) in [7, 11) is 0. The second kappa shape index (κ2) is 10.7. The maximum Gasteiger partial charge on any atom is 0.344 e. The van der Waals surface area contributed by atoms with Crippen LogP contribution in [0.3, 0.4) is 0 Å². The predicted molar refractivity (Wildman–Crippen MR) is 113 cm³/mol. The Balaban J connectivity index is 1.82. The van der Waals surface area contributed by atoms with Gasteiger partial charge in [-0.1, -0.05) is 30.3 Å². The molecule has 1 aliphatic heterocycles. The minimum absolute atomic E-state index is 0.0295. The number of benzene rings is 1. The smallest absolute Gasteiger partial charge is 0.344 e. The summed E-state index contributed by atoms with van der Waals surface area (Å²) >= 11 is 0. The van der Waals surface area contributed by atoms with Crippen LogP contribution in [0.2, 0.25) is 0 Å². The fourth-order valence-corrected chi connectivity index (χ4v) is 3.60. The third-order valence-corrected chi connectivity index (χ3v) is 4.83. The van der Waals surface area contributed by atoms with Gasteiger partial charge in [-0.25, -0.2) is 4.79 Å². The molecule has 2 unspecified atom stereocenters. The van der Waals surface area contributed by atoms with Crippen molar-refractivity contribution in [1.29, 1.82) is 0 Å². The zero-order valence-electron chi connectivity index (χ0n) is 18.5. The predicted octanol–water partition coefficient (Wildman–Crippen LogP) is 2.25. The molecule has 0 spiro atoms. The van der Waals surface area contributed by atoms with Crippen molar-refractivity contribution in [3.63, 3.8) is 0 Å². The van der Waals surface area contributed by atoms with Crippen molar-refractivity contribution in [2.24, 2.45) is 0 Å². The molecular weight excluding hydrogens is 434 g/mol. The number of rotatable bonds is 7. The van der Waals surface area contributed by atoms with Gasteiger partial charge in [0.1, 0.15) is 12.2 Å². The number of piperidine rings is 1. The molecule has 0 aliphatic carbocycles. The van der Waals surface area contributed by atoms with Crippen molar-refractivity contribution in [3.8, 4) is 0 Å². The Labute approximate surface area is 190 Å². The summed E-state index contributed by atoms with van der Waals surface area (Å²) < 4.78 is 26.9. The van der Waals surface area contributed by atoms with Crippen LogP contribution in [0.1, 0.15) is 36.7 Å². The second-order valence-electron chi connectivity index (χ2n) is 7.48. The number of esters is 4. The molecule has 3 rings (SSSR count). The number of carbonyl (C=O) groups is 4. The van der Waals surface area contributed by atoms with E-state index >= 15 is 0 Å². The van der Waals surface area contributed by atoms with Crippen molar-refractivity contribution >= 4 is 29.8 Å². The number of anilines is 1. The molecule has 2 heterocycles. The maximum absolute atomic E-state index is 12.7. The van der Waals surface area contributed by atoms with Gasteiger partial charge in [-0.15, -0.1) is 0 Å². The van der Waals surface area contributed by atoms with Crippen LogP contribution in [0.25, 0.3) is 0 Å². The van der Waals surface area contributed by atoms with E-state index in [1.807, 2.05) is 30.3 Å². The Hall–Kier alpha value is -3.82. The van der Waals surface area contributed by atoms with Crippen molar-refractivity contribution < 1.29 is 42.5 Å². The minimum Gasteiger partial charge on any atom is -0.457 e. The van der Waals surface area contributed by atoms with Gasteiger partial charge in [0, 0.05) is 20.8 Å². The Morgan fingerprint density at radius 1 is 0.879 bits per heavy atom. The molecule has 10 nitrogen and oxygen atoms in total. The zero-order chi connectivity index (χ0) is 24.0. The molecule has 1 fully saturated rings. The standard InChI is InChI=1S/C23H25NO9/c1-14(25)31-19-11-24(12-20(32-15(2)26)21(19)33-16(3)27)22-18(9-10-29-22)23(28)30-13-17-7-5-4-6-8-17/h4-10,19-21H,11-13H2,1-3H3/t19-,20?,21?/m1/s1. The first-order chi connectivity index (χ1) is 15.7. The lowest BCUT2D eigenvalue weighted by Gasteiger charge is -2.41. The van der Waals surface area contributed by atoms with Gasteiger partial charge in [0.05, 0.1) is 19.4 Å². The van der Waals surface area contributed by atoms with Gasteiger partial charge in [-0.05, 0) is 11.6 Å². The molecule has 0 amide bonds. The van der Waals surface area contributed by atoms with Crippen LogP contribution in [0, 0.1) is 0 Å². The van der Waals surface area contributed by atoms with Crippen LogP contribution in [0.5, 0.6) is 0 Å². The number of hydrogen-bond acceptors (Lipinski definition) is 10. The molecule has 0 bridgehead atoms. The van der Waals surface area contributed by atoms with Gasteiger partial charge in [0.15, 0.2) is 18.3 Å². The van der Waals surface area contributed by atoms with Gasteiger partial charge >= 0.3 is 23.9 Å². The maximum atomic E-state index is 12.7. The molecule has 176 valence electrons. The molecule has 0 saturated carbocycles. The van der Waals surface area contributed by atoms with Gasteiger partial charge in [-0.2, -0.15) is 0 Å². The van der Waals surface area contributed by atoms with Crippen LogP contribution in [-0.4, -0.2) is 55.3 Å². The summed E-state index contributed by atoms with van der Waals surface area (Å²) in [5.41, 5.74) is 0.975. The Bertz CT molecular complexity index is 974. The monoisotopic (exact) mass is 459 g/mol. The van der Waals surface area contributed by atoms with Gasteiger partial charge in [0.2, 0.25) is 5.88 Å². The molecule has 3 atom stereocenters. The van der Waals surface area contributed by atoms with E-state index < -0.39 is 42.2 Å². The minimum atomic E-state index is -1.02. The number of nitrogens with zero attached hydrogens (tertiary/aromatic N) is 1. The van der Waals surface area contributed by atoms with E-state index in [4.69, 9.17) is 23.4 Å². The molecular formula is C23H25NO9. The number of hydrogen-bond donors (Lipinski definition) is 0. The quantitative estimate of drug-likeness (QED) is 0.450. The highest BCUT2D eigenvalue weighted by atomic mass is 16.6. The molecule has 0 N–H and O–H groups in total. The van der Waals surface area contributed by atoms with Crippen LogP contribution >= 0.6 is 0 Å². The Morgan fingerprint density at radius 2 is 1.45 bits per heavy atom. The third kappa shape index (κ3) is 6.34. The molecule has 1 saturated heterocycles. The topological polar surface area (TPSA) is 122 Å². The highest BCUT2D eigenvalue weighted by Crippen LogP contribution is 2.30. The lowest BCUT2D eigenvalue weighted by molar-refractivity contribution is -0.184. The fourth-order valence-electron chi connectivity index (χ4n) is 3.60. The summed E-state index contributed by atoms with van der Waals surface area (Å²) in [5, 5.41) is 0. The van der Waals surface area contributed by atoms with Crippen LogP contribution in [-0.2, 0) is 39.9 Å². The van der Waals surface area contributed by atoms with E-state index in [-0.39, 0.29) is 31.1 Å². The molecule has 2 aromatic rings. The van der Waals surface area contributed by atoms with E-state index in [0.717, 1.165) is 5.56 Å². The van der Waals surface area contributed by atoms with Crippen LogP contribution in [0.15, 0.2) is 47.1 Å². The molecule has 10 heteroatoms. The van der Waals surface area contributed by atoms with Crippen LogP contribution in [0.4, 0.5) is 5.88 Å². The van der Waals surface area contributed by atoms with E-state index in [9.17, 15) is 19.2 Å². The highest BCUT2D eigenvalue weighted by Gasteiger charge is 2.44. The summed E-state index contributed by atoms with van der Waals surface area (Å²) in [6.45, 7) is 3.76. The molecule has 33 heavy (non-hydrogen) atoms. The van der Waals surface area contributed by atoms with Gasteiger partial charge in [-0.3, -0.25) is 14.4 Å². The second-order valence-corrected chi connectivity index (χ2v) is 7.48. The highest BCUT2D eigenvalue weighted by molar-refractivity contribution is 5.94. The average molecular weight is 459 g/mol. The zero-order valence-corrected chi connectivity index (χ0v) is 18.5. The van der Waals surface area contributed by atoms with E-state index in [0.29, 0.717) is 0 Å². The van der Waals surface area contributed by atoms with Crippen molar-refractivity contribution in [2.75, 3.05) is 18.0 Å². The SMILES string of the molecule is CC(=O)OC1CN(c2occc2C(=O)OCc2ccccc2)C[C@@H](OC(C)=O)C1OC(C)=O.